The minimum atomic E-state index is -1.06. The Kier molecular flexibility index (Phi) is 3.73. The number of anilines is 1. The Hall–Kier alpha value is -2.05. The maximum Gasteiger partial charge on any atom is 0.345 e. The largest absolute Gasteiger partial charge is 0.507 e. The molecule has 0 aliphatic rings. The van der Waals surface area contributed by atoms with Crippen molar-refractivity contribution in [2.45, 2.75) is 0 Å². The van der Waals surface area contributed by atoms with Crippen LogP contribution < -0.4 is 5.32 Å². The van der Waals surface area contributed by atoms with Crippen molar-refractivity contribution in [1.29, 1.82) is 0 Å². The van der Waals surface area contributed by atoms with E-state index in [4.69, 9.17) is 16.7 Å². The van der Waals surface area contributed by atoms with Crippen LogP contribution in [0.2, 0.25) is 5.02 Å². The molecule has 0 radical (unpaired) electrons. The Morgan fingerprint density at radius 3 is 2.58 bits per heavy atom. The van der Waals surface area contributed by atoms with Crippen LogP contribution in [0.15, 0.2) is 30.3 Å². The van der Waals surface area contributed by atoms with Crippen LogP contribution in [0, 0.1) is 0 Å². The van der Waals surface area contributed by atoms with E-state index >= 15 is 0 Å². The minimum absolute atomic E-state index is 0.0257. The molecule has 0 unspecified atom stereocenters. The molecular weight excluding hydrogens is 290 g/mol. The molecule has 0 saturated carbocycles. The summed E-state index contributed by atoms with van der Waals surface area (Å²) in [5, 5.41) is 21.5. The molecule has 19 heavy (non-hydrogen) atoms. The van der Waals surface area contributed by atoms with Gasteiger partial charge < -0.3 is 15.5 Å². The number of amides is 1. The number of nitrogens with one attached hydrogen (secondary N) is 1. The number of thiophene rings is 1. The van der Waals surface area contributed by atoms with Crippen LogP contribution in [0.3, 0.4) is 0 Å². The van der Waals surface area contributed by atoms with Crippen molar-refractivity contribution in [2.75, 3.05) is 5.32 Å². The number of hydrogen-bond donors (Lipinski definition) is 3. The number of halogens is 1. The molecule has 1 aromatic heterocycles. The van der Waals surface area contributed by atoms with Crippen molar-refractivity contribution in [3.63, 3.8) is 0 Å². The highest BCUT2D eigenvalue weighted by Crippen LogP contribution is 2.25. The van der Waals surface area contributed by atoms with E-state index in [1.807, 2.05) is 0 Å². The summed E-state index contributed by atoms with van der Waals surface area (Å²) in [4.78, 5) is 22.7. The van der Waals surface area contributed by atoms with Gasteiger partial charge in [-0.3, -0.25) is 4.79 Å². The molecule has 5 nitrogen and oxygen atoms in total. The van der Waals surface area contributed by atoms with Crippen LogP contribution in [0.5, 0.6) is 5.75 Å². The van der Waals surface area contributed by atoms with Crippen molar-refractivity contribution in [3.05, 3.63) is 45.8 Å². The Balaban J connectivity index is 2.20. The summed E-state index contributed by atoms with van der Waals surface area (Å²) in [6, 6.07) is 6.97. The van der Waals surface area contributed by atoms with Gasteiger partial charge in [-0.05, 0) is 30.3 Å². The number of carboxylic acid groups (broad SMARTS) is 1. The molecule has 7 heteroatoms. The Labute approximate surface area is 117 Å². The summed E-state index contributed by atoms with van der Waals surface area (Å²) in [7, 11) is 0. The summed E-state index contributed by atoms with van der Waals surface area (Å²) in [6.45, 7) is 0. The molecule has 0 atom stereocenters. The number of carbonyl (C=O) groups excluding carboxylic acids is 1. The first kappa shape index (κ1) is 13.4. The number of carboxylic acids is 1. The second-order valence-electron chi connectivity index (χ2n) is 3.58. The number of benzene rings is 1. The molecule has 0 aliphatic heterocycles. The van der Waals surface area contributed by atoms with Crippen LogP contribution in [0.25, 0.3) is 0 Å². The molecule has 0 bridgehead atoms. The lowest BCUT2D eigenvalue weighted by Crippen LogP contribution is -2.11. The fourth-order valence-corrected chi connectivity index (χ4v) is 2.30. The summed E-state index contributed by atoms with van der Waals surface area (Å²) in [6.07, 6.45) is 0. The quantitative estimate of drug-likeness (QED) is 0.812. The van der Waals surface area contributed by atoms with E-state index in [0.29, 0.717) is 10.0 Å². The zero-order valence-corrected chi connectivity index (χ0v) is 11.0. The zero-order chi connectivity index (χ0) is 14.0. The monoisotopic (exact) mass is 297 g/mol. The first-order valence-corrected chi connectivity index (χ1v) is 6.30. The average Bonchev–Trinajstić information content (AvgIpc) is 2.80. The summed E-state index contributed by atoms with van der Waals surface area (Å²) >= 11 is 6.67. The van der Waals surface area contributed by atoms with Gasteiger partial charge >= 0.3 is 5.97 Å². The van der Waals surface area contributed by atoms with E-state index in [2.05, 4.69) is 5.32 Å². The smallest absolute Gasteiger partial charge is 0.345 e. The van der Waals surface area contributed by atoms with Gasteiger partial charge in [-0.25, -0.2) is 4.79 Å². The average molecular weight is 298 g/mol. The van der Waals surface area contributed by atoms with E-state index in [1.54, 1.807) is 0 Å². The fraction of sp³-hybridized carbons (Fsp3) is 0. The van der Waals surface area contributed by atoms with Gasteiger partial charge in [0.05, 0.1) is 10.6 Å². The summed E-state index contributed by atoms with van der Waals surface area (Å²) in [5.41, 5.74) is 0.0257. The molecule has 2 rings (SSSR count). The molecule has 0 aliphatic carbocycles. The molecule has 98 valence electrons. The molecule has 1 amide bonds. The van der Waals surface area contributed by atoms with E-state index < -0.39 is 11.9 Å². The standard InChI is InChI=1S/C12H8ClNO4S/c13-6-1-2-8(15)7(5-6)11(16)14-10-4-3-9(19-10)12(17)18/h1-5,15H,(H,14,16)(H,17,18). The number of phenols is 1. The maximum absolute atomic E-state index is 11.9. The third kappa shape index (κ3) is 3.04. The van der Waals surface area contributed by atoms with Crippen LogP contribution in [-0.2, 0) is 0 Å². The molecule has 0 saturated heterocycles. The minimum Gasteiger partial charge on any atom is -0.507 e. The van der Waals surface area contributed by atoms with Gasteiger partial charge in [0, 0.05) is 5.02 Å². The molecule has 1 aromatic carbocycles. The SMILES string of the molecule is O=C(O)c1ccc(NC(=O)c2cc(Cl)ccc2O)s1. The highest BCUT2D eigenvalue weighted by atomic mass is 35.5. The van der Waals surface area contributed by atoms with Crippen molar-refractivity contribution >= 4 is 39.8 Å². The molecule has 0 fully saturated rings. The van der Waals surface area contributed by atoms with Gasteiger partial charge in [0.25, 0.3) is 5.91 Å². The van der Waals surface area contributed by atoms with E-state index in [9.17, 15) is 14.7 Å². The topological polar surface area (TPSA) is 86.6 Å². The van der Waals surface area contributed by atoms with Crippen molar-refractivity contribution < 1.29 is 19.8 Å². The molecule has 0 spiro atoms. The van der Waals surface area contributed by atoms with E-state index in [1.165, 1.54) is 30.3 Å². The summed E-state index contributed by atoms with van der Waals surface area (Å²) in [5.74, 6) is -1.81. The van der Waals surface area contributed by atoms with Crippen LogP contribution in [0.1, 0.15) is 20.0 Å². The third-order valence-electron chi connectivity index (χ3n) is 2.26. The molecule has 3 N–H and O–H groups in total. The number of aromatic carboxylic acids is 1. The van der Waals surface area contributed by atoms with E-state index in [0.717, 1.165) is 11.3 Å². The lowest BCUT2D eigenvalue weighted by atomic mass is 10.2. The Bertz CT molecular complexity index is 653. The second kappa shape index (κ2) is 5.29. The van der Waals surface area contributed by atoms with Gasteiger partial charge in [-0.1, -0.05) is 11.6 Å². The second-order valence-corrected chi connectivity index (χ2v) is 5.10. The number of hydrogen-bond acceptors (Lipinski definition) is 4. The predicted octanol–water partition coefficient (Wildman–Crippen LogP) is 3.06. The van der Waals surface area contributed by atoms with Gasteiger partial charge in [0.15, 0.2) is 0 Å². The first-order valence-electron chi connectivity index (χ1n) is 5.10. The fourth-order valence-electron chi connectivity index (χ4n) is 1.39. The third-order valence-corrected chi connectivity index (χ3v) is 3.48. The maximum atomic E-state index is 11.9. The Morgan fingerprint density at radius 1 is 1.21 bits per heavy atom. The van der Waals surface area contributed by atoms with E-state index in [-0.39, 0.29) is 16.2 Å². The molecular formula is C12H8ClNO4S. The highest BCUT2D eigenvalue weighted by molar-refractivity contribution is 7.18. The number of phenolic OH excluding ortho intramolecular Hbond substituents is 1. The Morgan fingerprint density at radius 2 is 1.95 bits per heavy atom. The number of aromatic hydroxyl groups is 1. The van der Waals surface area contributed by atoms with Crippen molar-refractivity contribution in [1.82, 2.24) is 0 Å². The first-order chi connectivity index (χ1) is 8.97. The van der Waals surface area contributed by atoms with Crippen LogP contribution >= 0.6 is 22.9 Å². The summed E-state index contributed by atoms with van der Waals surface area (Å²) < 4.78 is 0. The van der Waals surface area contributed by atoms with Crippen LogP contribution in [-0.4, -0.2) is 22.1 Å². The van der Waals surface area contributed by atoms with Gasteiger partial charge in [-0.15, -0.1) is 11.3 Å². The van der Waals surface area contributed by atoms with Gasteiger partial charge in [0.1, 0.15) is 10.6 Å². The molecule has 1 heterocycles. The van der Waals surface area contributed by atoms with Crippen molar-refractivity contribution in [3.8, 4) is 5.75 Å². The predicted molar refractivity (Wildman–Crippen MR) is 72.3 cm³/mol. The zero-order valence-electron chi connectivity index (χ0n) is 9.38. The lowest BCUT2D eigenvalue weighted by molar-refractivity contribution is 0.0702. The van der Waals surface area contributed by atoms with Crippen molar-refractivity contribution in [2.24, 2.45) is 0 Å². The van der Waals surface area contributed by atoms with Crippen LogP contribution in [0.4, 0.5) is 5.00 Å². The molecule has 2 aromatic rings. The normalized spacial score (nSPS) is 10.2. The van der Waals surface area contributed by atoms with Gasteiger partial charge in [-0.2, -0.15) is 0 Å². The highest BCUT2D eigenvalue weighted by Gasteiger charge is 2.14. The number of rotatable bonds is 3. The van der Waals surface area contributed by atoms with Gasteiger partial charge in [0.2, 0.25) is 0 Å². The lowest BCUT2D eigenvalue weighted by Gasteiger charge is -2.05. The number of carbonyl (C=O) groups is 2.